The number of nitrogens with zero attached hydrogens (tertiary/aromatic N) is 1. The van der Waals surface area contributed by atoms with E-state index in [0.29, 0.717) is 17.8 Å². The van der Waals surface area contributed by atoms with Gasteiger partial charge in [0.15, 0.2) is 0 Å². The van der Waals surface area contributed by atoms with Crippen LogP contribution in [0.25, 0.3) is 0 Å². The van der Waals surface area contributed by atoms with E-state index in [0.717, 1.165) is 38.2 Å². The summed E-state index contributed by atoms with van der Waals surface area (Å²) >= 11 is 0. The quantitative estimate of drug-likeness (QED) is 0.815. The highest BCUT2D eigenvalue weighted by Gasteiger charge is 2.22. The number of rotatable bonds is 5. The highest BCUT2D eigenvalue weighted by atomic mass is 16.5. The van der Waals surface area contributed by atoms with Crippen LogP contribution in [0.15, 0.2) is 18.2 Å². The van der Waals surface area contributed by atoms with Crippen LogP contribution in [0.4, 0.5) is 11.4 Å². The number of nitrogens with two attached hydrogens (primary N) is 1. The number of benzene rings is 1. The molecule has 0 radical (unpaired) electrons. The van der Waals surface area contributed by atoms with E-state index < -0.39 is 0 Å². The highest BCUT2D eigenvalue weighted by Crippen LogP contribution is 2.28. The van der Waals surface area contributed by atoms with Gasteiger partial charge in [0, 0.05) is 31.8 Å². The third-order valence-corrected chi connectivity index (χ3v) is 3.75. The second-order valence-electron chi connectivity index (χ2n) is 5.30. The minimum Gasteiger partial charge on any atom is -0.397 e. The minimum atomic E-state index is -0.0819. The average molecular weight is 291 g/mol. The Morgan fingerprint density at radius 2 is 2.29 bits per heavy atom. The van der Waals surface area contributed by atoms with E-state index in [1.807, 2.05) is 26.0 Å². The number of amides is 1. The predicted molar refractivity (Wildman–Crippen MR) is 85.7 cm³/mol. The van der Waals surface area contributed by atoms with Gasteiger partial charge in [0.2, 0.25) is 0 Å². The van der Waals surface area contributed by atoms with Crippen LogP contribution in [0.5, 0.6) is 0 Å². The lowest BCUT2D eigenvalue weighted by molar-refractivity contribution is 0.0527. The zero-order valence-corrected chi connectivity index (χ0v) is 12.9. The lowest BCUT2D eigenvalue weighted by Crippen LogP contribution is -2.40. The maximum absolute atomic E-state index is 11.8. The fourth-order valence-electron chi connectivity index (χ4n) is 2.78. The average Bonchev–Trinajstić information content (AvgIpc) is 2.48. The molecule has 3 N–H and O–H groups in total. The fraction of sp³-hybridized carbons (Fsp3) is 0.562. The summed E-state index contributed by atoms with van der Waals surface area (Å²) in [6.07, 6.45) is 2.47. The van der Waals surface area contributed by atoms with Gasteiger partial charge in [0.25, 0.3) is 5.91 Å². The van der Waals surface area contributed by atoms with E-state index in [1.165, 1.54) is 0 Å². The SMILES string of the molecule is CCNC(=O)c1ccc(N2CCCC(OCC)C2)c(N)c1. The minimum absolute atomic E-state index is 0.0819. The molecule has 0 aliphatic carbocycles. The summed E-state index contributed by atoms with van der Waals surface area (Å²) in [6.45, 7) is 7.12. The van der Waals surface area contributed by atoms with Crippen molar-refractivity contribution in [2.75, 3.05) is 36.9 Å². The number of anilines is 2. The molecule has 0 bridgehead atoms. The summed E-state index contributed by atoms with van der Waals surface area (Å²) in [4.78, 5) is 14.1. The van der Waals surface area contributed by atoms with Gasteiger partial charge in [0.1, 0.15) is 0 Å². The Morgan fingerprint density at radius 1 is 1.48 bits per heavy atom. The van der Waals surface area contributed by atoms with Gasteiger partial charge in [-0.1, -0.05) is 0 Å². The first-order chi connectivity index (χ1) is 10.2. The van der Waals surface area contributed by atoms with E-state index >= 15 is 0 Å². The Morgan fingerprint density at radius 3 is 2.95 bits per heavy atom. The van der Waals surface area contributed by atoms with E-state index in [4.69, 9.17) is 10.5 Å². The molecule has 5 heteroatoms. The van der Waals surface area contributed by atoms with Crippen LogP contribution in [-0.2, 0) is 4.74 Å². The predicted octanol–water partition coefficient (Wildman–Crippen LogP) is 2.02. The van der Waals surface area contributed by atoms with Gasteiger partial charge in [0.05, 0.1) is 17.5 Å². The van der Waals surface area contributed by atoms with Crippen molar-refractivity contribution in [2.24, 2.45) is 0 Å². The van der Waals surface area contributed by atoms with Crippen LogP contribution < -0.4 is 16.0 Å². The van der Waals surface area contributed by atoms with Crippen molar-refractivity contribution in [3.63, 3.8) is 0 Å². The standard InChI is InChI=1S/C16H25N3O2/c1-3-18-16(20)12-7-8-15(14(17)10-12)19-9-5-6-13(11-19)21-4-2/h7-8,10,13H,3-6,9,11,17H2,1-2H3,(H,18,20). The van der Waals surface area contributed by atoms with Crippen molar-refractivity contribution < 1.29 is 9.53 Å². The summed E-state index contributed by atoms with van der Waals surface area (Å²) in [5.74, 6) is -0.0819. The number of nitrogens with one attached hydrogen (secondary N) is 1. The van der Waals surface area contributed by atoms with Gasteiger partial charge >= 0.3 is 0 Å². The third kappa shape index (κ3) is 3.88. The summed E-state index contributed by atoms with van der Waals surface area (Å²) in [5, 5.41) is 2.78. The van der Waals surface area contributed by atoms with Crippen molar-refractivity contribution in [3.05, 3.63) is 23.8 Å². The molecule has 1 atom stereocenters. The summed E-state index contributed by atoms with van der Waals surface area (Å²) in [6, 6.07) is 5.53. The smallest absolute Gasteiger partial charge is 0.251 e. The zero-order valence-electron chi connectivity index (χ0n) is 12.9. The van der Waals surface area contributed by atoms with E-state index in [-0.39, 0.29) is 12.0 Å². The van der Waals surface area contributed by atoms with Crippen LogP contribution in [-0.4, -0.2) is 38.3 Å². The Hall–Kier alpha value is -1.75. The van der Waals surface area contributed by atoms with E-state index in [2.05, 4.69) is 10.2 Å². The molecule has 1 unspecified atom stereocenters. The van der Waals surface area contributed by atoms with Crippen molar-refractivity contribution >= 4 is 17.3 Å². The van der Waals surface area contributed by atoms with Crippen molar-refractivity contribution in [1.82, 2.24) is 5.32 Å². The van der Waals surface area contributed by atoms with Crippen LogP contribution in [0.3, 0.4) is 0 Å². The number of carbonyl (C=O) groups is 1. The molecule has 1 aromatic carbocycles. The Bertz CT molecular complexity index is 488. The van der Waals surface area contributed by atoms with Crippen molar-refractivity contribution in [3.8, 4) is 0 Å². The Balaban J connectivity index is 2.11. The molecule has 0 spiro atoms. The second kappa shape index (κ2) is 7.31. The van der Waals surface area contributed by atoms with Gasteiger partial charge < -0.3 is 20.7 Å². The molecule has 1 aliphatic rings. The number of ether oxygens (including phenoxy) is 1. The topological polar surface area (TPSA) is 67.6 Å². The molecule has 5 nitrogen and oxygen atoms in total. The second-order valence-corrected chi connectivity index (χ2v) is 5.30. The van der Waals surface area contributed by atoms with Gasteiger partial charge in [-0.25, -0.2) is 0 Å². The van der Waals surface area contributed by atoms with Gasteiger partial charge in [-0.3, -0.25) is 4.79 Å². The molecule has 1 aliphatic heterocycles. The van der Waals surface area contributed by atoms with E-state index in [9.17, 15) is 4.79 Å². The monoisotopic (exact) mass is 291 g/mol. The molecule has 1 fully saturated rings. The van der Waals surface area contributed by atoms with Crippen LogP contribution in [0, 0.1) is 0 Å². The lowest BCUT2D eigenvalue weighted by Gasteiger charge is -2.34. The normalized spacial score (nSPS) is 18.6. The number of nitrogen functional groups attached to an aromatic ring is 1. The molecule has 116 valence electrons. The summed E-state index contributed by atoms with van der Waals surface area (Å²) < 4.78 is 5.72. The third-order valence-electron chi connectivity index (χ3n) is 3.75. The van der Waals surface area contributed by atoms with Crippen LogP contribution in [0.2, 0.25) is 0 Å². The molecule has 21 heavy (non-hydrogen) atoms. The fourth-order valence-corrected chi connectivity index (χ4v) is 2.78. The van der Waals surface area contributed by atoms with Crippen LogP contribution in [0.1, 0.15) is 37.0 Å². The molecular formula is C16H25N3O2. The van der Waals surface area contributed by atoms with Gasteiger partial charge in [-0.05, 0) is 44.9 Å². The first kappa shape index (κ1) is 15.6. The molecule has 1 heterocycles. The molecule has 1 saturated heterocycles. The van der Waals surface area contributed by atoms with Crippen molar-refractivity contribution in [1.29, 1.82) is 0 Å². The lowest BCUT2D eigenvalue weighted by atomic mass is 10.1. The molecule has 0 saturated carbocycles. The van der Waals surface area contributed by atoms with Crippen LogP contribution >= 0.6 is 0 Å². The molecule has 1 amide bonds. The first-order valence-electron chi connectivity index (χ1n) is 7.70. The largest absolute Gasteiger partial charge is 0.397 e. The van der Waals surface area contributed by atoms with Gasteiger partial charge in [-0.15, -0.1) is 0 Å². The zero-order chi connectivity index (χ0) is 15.2. The number of hydrogen-bond donors (Lipinski definition) is 2. The maximum atomic E-state index is 11.8. The highest BCUT2D eigenvalue weighted by molar-refractivity contribution is 5.96. The number of carbonyl (C=O) groups excluding carboxylic acids is 1. The molecule has 1 aromatic rings. The Labute approximate surface area is 126 Å². The van der Waals surface area contributed by atoms with E-state index in [1.54, 1.807) is 6.07 Å². The Kier molecular flexibility index (Phi) is 5.44. The first-order valence-corrected chi connectivity index (χ1v) is 7.70. The molecule has 0 aromatic heterocycles. The maximum Gasteiger partial charge on any atom is 0.251 e. The number of hydrogen-bond acceptors (Lipinski definition) is 4. The van der Waals surface area contributed by atoms with Crippen molar-refractivity contribution in [2.45, 2.75) is 32.8 Å². The molecule has 2 rings (SSSR count). The van der Waals surface area contributed by atoms with Gasteiger partial charge in [-0.2, -0.15) is 0 Å². The summed E-state index contributed by atoms with van der Waals surface area (Å²) in [5.41, 5.74) is 8.39. The number of piperidine rings is 1. The summed E-state index contributed by atoms with van der Waals surface area (Å²) in [7, 11) is 0. The molecular weight excluding hydrogens is 266 g/mol.